The number of aliphatic hydroxyl groups excluding tert-OH is 8. The fourth-order valence-electron chi connectivity index (χ4n) is 8.19. The molecule has 2 fully saturated rings. The molecule has 2 aliphatic heterocycles. The highest BCUT2D eigenvalue weighted by molar-refractivity contribution is 5.76. The first-order valence-corrected chi connectivity index (χ1v) is 24.3. The normalized spacial score (nSPS) is 28.2. The zero-order valence-corrected chi connectivity index (χ0v) is 37.5. The molecule has 14 nitrogen and oxygen atoms in total. The summed E-state index contributed by atoms with van der Waals surface area (Å²) in [5, 5.41) is 86.3. The summed E-state index contributed by atoms with van der Waals surface area (Å²) in [4.78, 5) is 13.1. The number of unbranched alkanes of at least 4 members (excludes halogenated alkanes) is 24. The van der Waals surface area contributed by atoms with Gasteiger partial charge in [-0.3, -0.25) is 4.79 Å². The number of nitrogens with one attached hydrogen (secondary N) is 1. The molecule has 2 rings (SSSR count). The maximum atomic E-state index is 13.1. The zero-order valence-electron chi connectivity index (χ0n) is 37.5. The highest BCUT2D eigenvalue weighted by Gasteiger charge is 2.47. The van der Waals surface area contributed by atoms with Crippen molar-refractivity contribution in [1.29, 1.82) is 0 Å². The van der Waals surface area contributed by atoms with E-state index in [1.807, 2.05) is 0 Å². The van der Waals surface area contributed by atoms with Crippen LogP contribution in [0.4, 0.5) is 0 Å². The van der Waals surface area contributed by atoms with Gasteiger partial charge in [-0.25, -0.2) is 0 Å². The molecule has 1 amide bonds. The Morgan fingerprint density at radius 1 is 0.517 bits per heavy atom. The summed E-state index contributed by atoms with van der Waals surface area (Å²) < 4.78 is 22.6. The Morgan fingerprint density at radius 3 is 1.35 bits per heavy atom. The minimum atomic E-state index is -1.72. The van der Waals surface area contributed by atoms with Gasteiger partial charge in [-0.15, -0.1) is 0 Å². The third kappa shape index (κ3) is 22.6. The largest absolute Gasteiger partial charge is 0.394 e. The van der Waals surface area contributed by atoms with E-state index < -0.39 is 86.8 Å². The predicted molar refractivity (Wildman–Crippen MR) is 231 cm³/mol. The Kier molecular flexibility index (Phi) is 31.6. The summed E-state index contributed by atoms with van der Waals surface area (Å²) in [6, 6.07) is -0.819. The van der Waals surface area contributed by atoms with Gasteiger partial charge in [0, 0.05) is 6.42 Å². The molecular weight excluding hydrogens is 774 g/mol. The van der Waals surface area contributed by atoms with Gasteiger partial charge in [0.2, 0.25) is 5.91 Å². The summed E-state index contributed by atoms with van der Waals surface area (Å²) in [5.74, 6) is -0.206. The van der Waals surface area contributed by atoms with Gasteiger partial charge >= 0.3 is 0 Å². The SMILES string of the molecule is CCCCCCCCCCCCCCCC(=O)N[C@@H](CO[C@@H]1O[C@H](CO[C@@H]2O[C@H](CO)[C@H](O)[C@H](O)[C@H]2O)[C@H](O)[C@H](O)[C@H]1O)[C@H](O)CCCCCCCCCCCCCCC. The van der Waals surface area contributed by atoms with Crippen LogP contribution in [-0.4, -0.2) is 140 Å². The van der Waals surface area contributed by atoms with Crippen molar-refractivity contribution in [2.75, 3.05) is 19.8 Å². The van der Waals surface area contributed by atoms with Crippen LogP contribution in [0.5, 0.6) is 0 Å². The standard InChI is InChI=1S/C46H89NO13/c1-3-5-7-9-11-13-15-17-19-21-23-25-27-29-35(49)34(47-38(50)30-28-26-24-22-20-18-16-14-12-10-8-6-4-2)32-57-45-44(56)42(54)40(52)37(60-45)33-58-46-43(55)41(53)39(51)36(31-48)59-46/h34-37,39-46,48-49,51-56H,3-33H2,1-2H3,(H,47,50)/t34-,35+,36+,37+,39-,40-,41-,42-,43+,44+,45+,46+/m0/s1. The van der Waals surface area contributed by atoms with E-state index in [1.165, 1.54) is 116 Å². The molecule has 356 valence electrons. The summed E-state index contributed by atoms with van der Waals surface area (Å²) in [6.07, 6.45) is 15.6. The molecule has 0 radical (unpaired) electrons. The minimum Gasteiger partial charge on any atom is -0.394 e. The lowest BCUT2D eigenvalue weighted by atomic mass is 9.98. The van der Waals surface area contributed by atoms with Gasteiger partial charge in [0.1, 0.15) is 48.8 Å². The Hall–Kier alpha value is -1.01. The van der Waals surface area contributed by atoms with Gasteiger partial charge in [0.05, 0.1) is 32.0 Å². The van der Waals surface area contributed by atoms with Gasteiger partial charge in [-0.1, -0.05) is 174 Å². The van der Waals surface area contributed by atoms with Crippen LogP contribution in [0, 0.1) is 0 Å². The molecule has 2 aliphatic rings. The maximum Gasteiger partial charge on any atom is 0.220 e. The molecule has 0 aliphatic carbocycles. The van der Waals surface area contributed by atoms with Crippen LogP contribution < -0.4 is 5.32 Å². The van der Waals surface area contributed by atoms with E-state index in [2.05, 4.69) is 19.2 Å². The number of aliphatic hydroxyl groups is 8. The van der Waals surface area contributed by atoms with Crippen LogP contribution in [0.1, 0.15) is 194 Å². The lowest BCUT2D eigenvalue weighted by Gasteiger charge is -2.43. The number of ether oxygens (including phenoxy) is 4. The first kappa shape index (κ1) is 55.1. The van der Waals surface area contributed by atoms with Crippen molar-refractivity contribution in [2.45, 2.75) is 267 Å². The maximum absolute atomic E-state index is 13.1. The van der Waals surface area contributed by atoms with Gasteiger partial charge < -0.3 is 65.1 Å². The fraction of sp³-hybridized carbons (Fsp3) is 0.978. The van der Waals surface area contributed by atoms with E-state index in [0.717, 1.165) is 51.4 Å². The van der Waals surface area contributed by atoms with Crippen molar-refractivity contribution >= 4 is 5.91 Å². The summed E-state index contributed by atoms with van der Waals surface area (Å²) in [7, 11) is 0. The highest BCUT2D eigenvalue weighted by Crippen LogP contribution is 2.27. The molecule has 0 aromatic rings. The van der Waals surface area contributed by atoms with Crippen LogP contribution in [-0.2, 0) is 23.7 Å². The van der Waals surface area contributed by atoms with E-state index >= 15 is 0 Å². The van der Waals surface area contributed by atoms with E-state index in [4.69, 9.17) is 18.9 Å². The van der Waals surface area contributed by atoms with Crippen molar-refractivity contribution in [3.05, 3.63) is 0 Å². The van der Waals surface area contributed by atoms with Gasteiger partial charge in [-0.05, 0) is 12.8 Å². The van der Waals surface area contributed by atoms with Crippen molar-refractivity contribution in [3.8, 4) is 0 Å². The second kappa shape index (κ2) is 34.4. The van der Waals surface area contributed by atoms with E-state index in [-0.39, 0.29) is 12.5 Å². The molecule has 14 heteroatoms. The van der Waals surface area contributed by atoms with E-state index in [0.29, 0.717) is 12.8 Å². The van der Waals surface area contributed by atoms with Gasteiger partial charge in [0.15, 0.2) is 12.6 Å². The number of amides is 1. The number of hydrogen-bond donors (Lipinski definition) is 9. The molecule has 2 heterocycles. The average Bonchev–Trinajstić information content (AvgIpc) is 3.24. The van der Waals surface area contributed by atoms with Crippen LogP contribution >= 0.6 is 0 Å². The Balaban J connectivity index is 1.85. The summed E-state index contributed by atoms with van der Waals surface area (Å²) in [5.41, 5.74) is 0. The second-order valence-corrected chi connectivity index (χ2v) is 17.6. The van der Waals surface area contributed by atoms with Gasteiger partial charge in [-0.2, -0.15) is 0 Å². The minimum absolute atomic E-state index is 0.206. The molecule has 0 spiro atoms. The van der Waals surface area contributed by atoms with E-state index in [1.54, 1.807) is 0 Å². The monoisotopic (exact) mass is 864 g/mol. The first-order valence-electron chi connectivity index (χ1n) is 24.3. The second-order valence-electron chi connectivity index (χ2n) is 17.6. The number of hydrogen-bond acceptors (Lipinski definition) is 13. The van der Waals surface area contributed by atoms with Crippen molar-refractivity contribution in [2.24, 2.45) is 0 Å². The van der Waals surface area contributed by atoms with Crippen LogP contribution in [0.3, 0.4) is 0 Å². The average molecular weight is 864 g/mol. The third-order valence-corrected chi connectivity index (χ3v) is 12.3. The molecule has 9 N–H and O–H groups in total. The molecule has 12 atom stereocenters. The molecule has 0 unspecified atom stereocenters. The van der Waals surface area contributed by atoms with Crippen molar-refractivity contribution in [3.63, 3.8) is 0 Å². The molecule has 0 aromatic carbocycles. The molecular formula is C46H89NO13. The third-order valence-electron chi connectivity index (χ3n) is 12.3. The number of rotatable bonds is 37. The lowest BCUT2D eigenvalue weighted by Crippen LogP contribution is -2.62. The lowest BCUT2D eigenvalue weighted by molar-refractivity contribution is -0.331. The van der Waals surface area contributed by atoms with Gasteiger partial charge in [0.25, 0.3) is 0 Å². The Morgan fingerprint density at radius 2 is 0.900 bits per heavy atom. The zero-order chi connectivity index (χ0) is 44.0. The predicted octanol–water partition coefficient (Wildman–Crippen LogP) is 5.44. The number of carbonyl (C=O) groups is 1. The topological polar surface area (TPSA) is 228 Å². The highest BCUT2D eigenvalue weighted by atomic mass is 16.7. The molecule has 0 bridgehead atoms. The Bertz CT molecular complexity index is 1030. The molecule has 0 aromatic heterocycles. The van der Waals surface area contributed by atoms with Crippen LogP contribution in [0.15, 0.2) is 0 Å². The first-order chi connectivity index (χ1) is 29.0. The smallest absolute Gasteiger partial charge is 0.220 e. The Labute approximate surface area is 362 Å². The summed E-state index contributed by atoms with van der Waals surface area (Å²) >= 11 is 0. The molecule has 0 saturated carbocycles. The molecule has 60 heavy (non-hydrogen) atoms. The van der Waals surface area contributed by atoms with Crippen LogP contribution in [0.25, 0.3) is 0 Å². The molecule has 2 saturated heterocycles. The van der Waals surface area contributed by atoms with E-state index in [9.17, 15) is 45.6 Å². The van der Waals surface area contributed by atoms with Crippen LogP contribution in [0.2, 0.25) is 0 Å². The summed E-state index contributed by atoms with van der Waals surface area (Å²) in [6.45, 7) is 3.09. The quantitative estimate of drug-likeness (QED) is 0.0356. The van der Waals surface area contributed by atoms with Crippen molar-refractivity contribution < 1.29 is 64.6 Å². The fourth-order valence-corrected chi connectivity index (χ4v) is 8.19. The van der Waals surface area contributed by atoms with Crippen molar-refractivity contribution in [1.82, 2.24) is 5.32 Å². The number of carbonyl (C=O) groups excluding carboxylic acids is 1.